The summed E-state index contributed by atoms with van der Waals surface area (Å²) in [5.41, 5.74) is 1.57. The highest BCUT2D eigenvalue weighted by Crippen LogP contribution is 2.29. The Kier molecular flexibility index (Phi) is 6.29. The molecule has 0 aliphatic heterocycles. The summed E-state index contributed by atoms with van der Waals surface area (Å²) in [5, 5.41) is 3.75. The molecule has 0 fully saturated rings. The summed E-state index contributed by atoms with van der Waals surface area (Å²) >= 11 is 6.24. The van der Waals surface area contributed by atoms with Crippen LogP contribution in [0, 0.1) is 0 Å². The Labute approximate surface area is 172 Å². The number of benzene rings is 2. The number of hydrogen-bond donors (Lipinski definition) is 2. The number of esters is 1. The van der Waals surface area contributed by atoms with Gasteiger partial charge in [-0.1, -0.05) is 29.8 Å². The molecule has 1 atom stereocenters. The smallest absolute Gasteiger partial charge is 0.356 e. The first-order valence-corrected chi connectivity index (χ1v) is 9.27. The molecule has 152 valence electrons. The maximum absolute atomic E-state index is 12.3. The number of nitrogens with one attached hydrogen (secondary N) is 2. The highest BCUT2D eigenvalue weighted by molar-refractivity contribution is 6.38. The normalized spacial score (nSPS) is 11.7. The van der Waals surface area contributed by atoms with Gasteiger partial charge in [0.25, 0.3) is 5.91 Å². The van der Waals surface area contributed by atoms with Gasteiger partial charge in [-0.2, -0.15) is 0 Å². The average Bonchev–Trinajstić information content (AvgIpc) is 3.08. The van der Waals surface area contributed by atoms with Crippen LogP contribution in [0.5, 0.6) is 11.5 Å². The van der Waals surface area contributed by atoms with Crippen LogP contribution in [0.15, 0.2) is 42.5 Å². The molecular weight excluding hydrogens is 396 g/mol. The number of aromatic amines is 1. The standard InChI is InChI=1S/C21H21ClN2O5/c1-12(15-10-13(27-2)8-9-17(15)28-3)23-18(25)11-29-21(26)20-19(22)14-6-4-5-7-16(14)24-20/h4-10,12,24H,11H2,1-3H3,(H,23,25). The minimum absolute atomic E-state index is 0.114. The topological polar surface area (TPSA) is 89.7 Å². The molecule has 0 radical (unpaired) electrons. The van der Waals surface area contributed by atoms with Gasteiger partial charge in [-0.3, -0.25) is 4.79 Å². The molecule has 7 nitrogen and oxygen atoms in total. The molecule has 2 aromatic carbocycles. The SMILES string of the molecule is COc1ccc(OC)c(C(C)NC(=O)COC(=O)c2[nH]c3ccccc3c2Cl)c1. The number of hydrogen-bond acceptors (Lipinski definition) is 5. The maximum atomic E-state index is 12.3. The van der Waals surface area contributed by atoms with Gasteiger partial charge in [0.1, 0.15) is 17.2 Å². The van der Waals surface area contributed by atoms with Crippen LogP contribution in [0.25, 0.3) is 10.9 Å². The Morgan fingerprint density at radius 2 is 1.90 bits per heavy atom. The summed E-state index contributed by atoms with van der Waals surface area (Å²) in [6.07, 6.45) is 0. The maximum Gasteiger partial charge on any atom is 0.356 e. The summed E-state index contributed by atoms with van der Waals surface area (Å²) in [4.78, 5) is 27.5. The highest BCUT2D eigenvalue weighted by atomic mass is 35.5. The molecule has 0 aliphatic carbocycles. The summed E-state index contributed by atoms with van der Waals surface area (Å²) in [6, 6.07) is 12.2. The van der Waals surface area contributed by atoms with Crippen molar-refractivity contribution >= 4 is 34.4 Å². The molecule has 8 heteroatoms. The van der Waals surface area contributed by atoms with Crippen LogP contribution < -0.4 is 14.8 Å². The lowest BCUT2D eigenvalue weighted by atomic mass is 10.1. The van der Waals surface area contributed by atoms with Gasteiger partial charge in [-0.05, 0) is 31.2 Å². The van der Waals surface area contributed by atoms with Crippen molar-refractivity contribution in [3.05, 3.63) is 58.7 Å². The van der Waals surface area contributed by atoms with Crippen molar-refractivity contribution in [2.24, 2.45) is 0 Å². The van der Waals surface area contributed by atoms with Gasteiger partial charge in [0.2, 0.25) is 0 Å². The zero-order chi connectivity index (χ0) is 21.0. The van der Waals surface area contributed by atoms with Gasteiger partial charge in [0.05, 0.1) is 25.3 Å². The molecule has 2 N–H and O–H groups in total. The number of ether oxygens (including phenoxy) is 3. The summed E-state index contributed by atoms with van der Waals surface area (Å²) in [7, 11) is 3.11. The third-order valence-corrected chi connectivity index (χ3v) is 4.85. The Balaban J connectivity index is 1.63. The second kappa shape index (κ2) is 8.87. The van der Waals surface area contributed by atoms with Crippen LogP contribution in [0.3, 0.4) is 0 Å². The van der Waals surface area contributed by atoms with Gasteiger partial charge in [0.15, 0.2) is 6.61 Å². The summed E-state index contributed by atoms with van der Waals surface area (Å²) in [6.45, 7) is 1.35. The van der Waals surface area contributed by atoms with E-state index in [0.717, 1.165) is 5.56 Å². The second-order valence-electron chi connectivity index (χ2n) is 6.33. The zero-order valence-electron chi connectivity index (χ0n) is 16.2. The molecule has 0 saturated heterocycles. The molecule has 0 bridgehead atoms. The van der Waals surface area contributed by atoms with E-state index in [4.69, 9.17) is 25.8 Å². The highest BCUT2D eigenvalue weighted by Gasteiger charge is 2.20. The van der Waals surface area contributed by atoms with Crippen LogP contribution in [0.2, 0.25) is 5.02 Å². The van der Waals surface area contributed by atoms with Crippen molar-refractivity contribution in [3.63, 3.8) is 0 Å². The largest absolute Gasteiger partial charge is 0.497 e. The molecule has 1 unspecified atom stereocenters. The van der Waals surface area contributed by atoms with Gasteiger partial charge < -0.3 is 24.5 Å². The lowest BCUT2D eigenvalue weighted by Gasteiger charge is -2.18. The van der Waals surface area contributed by atoms with Crippen molar-refractivity contribution in [3.8, 4) is 11.5 Å². The minimum Gasteiger partial charge on any atom is -0.497 e. The van der Waals surface area contributed by atoms with Crippen LogP contribution in [-0.4, -0.2) is 37.7 Å². The fraction of sp³-hybridized carbons (Fsp3) is 0.238. The molecule has 1 aromatic heterocycles. The van der Waals surface area contributed by atoms with Gasteiger partial charge >= 0.3 is 5.97 Å². The molecular formula is C21H21ClN2O5. The predicted molar refractivity (Wildman–Crippen MR) is 110 cm³/mol. The number of aromatic nitrogens is 1. The van der Waals surface area contributed by atoms with E-state index in [0.29, 0.717) is 22.4 Å². The van der Waals surface area contributed by atoms with Crippen LogP contribution in [0.4, 0.5) is 0 Å². The van der Waals surface area contributed by atoms with E-state index in [1.807, 2.05) is 12.1 Å². The van der Waals surface area contributed by atoms with E-state index in [-0.39, 0.29) is 16.8 Å². The van der Waals surface area contributed by atoms with Crippen LogP contribution in [-0.2, 0) is 9.53 Å². The molecule has 0 saturated carbocycles. The first-order chi connectivity index (χ1) is 13.9. The van der Waals surface area contributed by atoms with Gasteiger partial charge in [-0.15, -0.1) is 0 Å². The molecule has 3 rings (SSSR count). The minimum atomic E-state index is -0.701. The monoisotopic (exact) mass is 416 g/mol. The van der Waals surface area contributed by atoms with Crippen LogP contribution in [0.1, 0.15) is 29.0 Å². The third-order valence-electron chi connectivity index (χ3n) is 4.46. The molecule has 1 amide bonds. The van der Waals surface area contributed by atoms with Crippen molar-refractivity contribution in [1.82, 2.24) is 10.3 Å². The van der Waals surface area contributed by atoms with Crippen molar-refractivity contribution in [2.75, 3.05) is 20.8 Å². The summed E-state index contributed by atoms with van der Waals surface area (Å²) < 4.78 is 15.7. The third kappa shape index (κ3) is 4.46. The number of para-hydroxylation sites is 1. The van der Waals surface area contributed by atoms with Crippen LogP contribution >= 0.6 is 11.6 Å². The molecule has 1 heterocycles. The number of rotatable bonds is 7. The van der Waals surface area contributed by atoms with E-state index >= 15 is 0 Å². The first kappa shape index (κ1) is 20.5. The van der Waals surface area contributed by atoms with Gasteiger partial charge in [0, 0.05) is 16.5 Å². The number of carbonyl (C=O) groups excluding carboxylic acids is 2. The summed E-state index contributed by atoms with van der Waals surface area (Å²) in [5.74, 6) is 0.0955. The quantitative estimate of drug-likeness (QED) is 0.570. The number of carbonyl (C=O) groups is 2. The van der Waals surface area contributed by atoms with Crippen molar-refractivity contribution in [1.29, 1.82) is 0 Å². The molecule has 0 aliphatic rings. The van der Waals surface area contributed by atoms with E-state index in [1.54, 1.807) is 51.5 Å². The lowest BCUT2D eigenvalue weighted by Crippen LogP contribution is -2.31. The van der Waals surface area contributed by atoms with Gasteiger partial charge in [-0.25, -0.2) is 4.79 Å². The Bertz CT molecular complexity index is 1050. The fourth-order valence-electron chi connectivity index (χ4n) is 2.99. The molecule has 0 spiro atoms. The average molecular weight is 417 g/mol. The Hall–Kier alpha value is -3.19. The number of methoxy groups -OCH3 is 2. The Morgan fingerprint density at radius 1 is 1.14 bits per heavy atom. The predicted octanol–water partition coefficient (Wildman–Crippen LogP) is 3.87. The van der Waals surface area contributed by atoms with E-state index in [2.05, 4.69) is 10.3 Å². The zero-order valence-corrected chi connectivity index (χ0v) is 17.0. The first-order valence-electron chi connectivity index (χ1n) is 8.89. The number of amides is 1. The number of halogens is 1. The van der Waals surface area contributed by atoms with Crippen molar-refractivity contribution < 1.29 is 23.8 Å². The van der Waals surface area contributed by atoms with E-state index in [9.17, 15) is 9.59 Å². The molecule has 29 heavy (non-hydrogen) atoms. The van der Waals surface area contributed by atoms with Crippen molar-refractivity contribution in [2.45, 2.75) is 13.0 Å². The second-order valence-corrected chi connectivity index (χ2v) is 6.71. The lowest BCUT2D eigenvalue weighted by molar-refractivity contribution is -0.124. The van der Waals surface area contributed by atoms with E-state index in [1.165, 1.54) is 0 Å². The number of fused-ring (bicyclic) bond motifs is 1. The Morgan fingerprint density at radius 3 is 2.59 bits per heavy atom. The number of H-pyrrole nitrogens is 1. The van der Waals surface area contributed by atoms with E-state index < -0.39 is 18.5 Å². The fourth-order valence-corrected chi connectivity index (χ4v) is 3.28. The molecule has 3 aromatic rings.